The number of fused-ring (bicyclic) bond motifs is 1. The number of hydrogen-bond acceptors (Lipinski definition) is 7. The van der Waals surface area contributed by atoms with Gasteiger partial charge < -0.3 is 35.2 Å². The van der Waals surface area contributed by atoms with Gasteiger partial charge in [0.25, 0.3) is 0 Å². The van der Waals surface area contributed by atoms with E-state index in [4.69, 9.17) is 4.74 Å². The molecular weight excluding hydrogens is 627 g/mol. The summed E-state index contributed by atoms with van der Waals surface area (Å²) in [5.74, 6) is -5.64. The number of anilines is 1. The molecule has 0 radical (unpaired) electrons. The third-order valence-electron chi connectivity index (χ3n) is 8.18. The normalized spacial score (nSPS) is 19.5. The number of nitrogens with zero attached hydrogens (tertiary/aromatic N) is 2. The van der Waals surface area contributed by atoms with E-state index in [9.17, 15) is 52.5 Å². The number of halogens is 3. The number of aliphatic hydroxyl groups is 1. The molecule has 1 fully saturated rings. The quantitative estimate of drug-likeness (QED) is 0.245. The van der Waals surface area contributed by atoms with Gasteiger partial charge in [0.1, 0.15) is 23.9 Å². The first-order valence-corrected chi connectivity index (χ1v) is 14.5. The van der Waals surface area contributed by atoms with Crippen molar-refractivity contribution in [3.63, 3.8) is 0 Å². The highest BCUT2D eigenvalue weighted by Crippen LogP contribution is 2.44. The van der Waals surface area contributed by atoms with Crippen molar-refractivity contribution >= 4 is 41.4 Å². The second-order valence-electron chi connectivity index (χ2n) is 12.4. The van der Waals surface area contributed by atoms with Crippen LogP contribution in [-0.4, -0.2) is 81.2 Å². The summed E-state index contributed by atoms with van der Waals surface area (Å²) < 4.78 is 44.1. The SMILES string of the molecule is CN(C(=O)[C@@H]1CCCN1C(=O)[C@@H](NC(=O)/C=C/c1ccc2c(c1)C(O)C(C(=O)O)(C(=O)O)O2)C(C)(C)C)c1ccc(C(F)(F)F)cc1. The number of benzene rings is 2. The third kappa shape index (κ3) is 6.80. The van der Waals surface area contributed by atoms with Crippen LogP contribution in [0.3, 0.4) is 0 Å². The molecule has 2 aromatic carbocycles. The maximum Gasteiger partial charge on any atom is 0.416 e. The Morgan fingerprint density at radius 1 is 1.04 bits per heavy atom. The topological polar surface area (TPSA) is 174 Å². The number of amides is 3. The summed E-state index contributed by atoms with van der Waals surface area (Å²) in [5.41, 5.74) is -4.20. The molecule has 0 spiro atoms. The van der Waals surface area contributed by atoms with Crippen LogP contribution in [-0.2, 0) is 30.1 Å². The number of likely N-dealkylation sites (tertiary alicyclic amines) is 1. The van der Waals surface area contributed by atoms with Gasteiger partial charge in [0.2, 0.25) is 17.7 Å². The van der Waals surface area contributed by atoms with E-state index < -0.39 is 70.6 Å². The van der Waals surface area contributed by atoms with Crippen molar-refractivity contribution in [1.29, 1.82) is 0 Å². The summed E-state index contributed by atoms with van der Waals surface area (Å²) in [7, 11) is 1.41. The van der Waals surface area contributed by atoms with Crippen LogP contribution in [0, 0.1) is 5.41 Å². The van der Waals surface area contributed by atoms with Gasteiger partial charge in [0, 0.05) is 30.9 Å². The highest BCUT2D eigenvalue weighted by Gasteiger charge is 2.61. The van der Waals surface area contributed by atoms with E-state index in [1.54, 1.807) is 20.8 Å². The van der Waals surface area contributed by atoms with Gasteiger partial charge in [0.05, 0.1) is 5.56 Å². The number of aliphatic carboxylic acids is 2. The molecule has 0 aromatic heterocycles. The van der Waals surface area contributed by atoms with E-state index in [0.29, 0.717) is 18.4 Å². The van der Waals surface area contributed by atoms with Crippen molar-refractivity contribution in [2.24, 2.45) is 5.41 Å². The van der Waals surface area contributed by atoms with Crippen LogP contribution in [0.2, 0.25) is 0 Å². The smallest absolute Gasteiger partial charge is 0.416 e. The number of carboxylic acids is 2. The summed E-state index contributed by atoms with van der Waals surface area (Å²) in [6, 6.07) is 6.04. The first-order chi connectivity index (χ1) is 21.8. The van der Waals surface area contributed by atoms with Crippen LogP contribution in [0.1, 0.15) is 56.4 Å². The summed E-state index contributed by atoms with van der Waals surface area (Å²) in [5, 5.41) is 32.0. The highest BCUT2D eigenvalue weighted by atomic mass is 19.4. The van der Waals surface area contributed by atoms with Gasteiger partial charge >= 0.3 is 23.7 Å². The Bertz CT molecular complexity index is 1600. The molecule has 15 heteroatoms. The Balaban J connectivity index is 1.48. The average Bonchev–Trinajstić information content (AvgIpc) is 3.60. The van der Waals surface area contributed by atoms with E-state index in [-0.39, 0.29) is 23.5 Å². The minimum atomic E-state index is -4.53. The number of rotatable bonds is 8. The summed E-state index contributed by atoms with van der Waals surface area (Å²) in [4.78, 5) is 66.1. The number of aliphatic hydroxyl groups excluding tert-OH is 1. The number of nitrogens with one attached hydrogen (secondary N) is 1. The molecule has 4 N–H and O–H groups in total. The fourth-order valence-corrected chi connectivity index (χ4v) is 5.53. The zero-order chi connectivity index (χ0) is 35.1. The molecule has 2 heterocycles. The Hall–Kier alpha value is -4.92. The minimum absolute atomic E-state index is 0.105. The zero-order valence-corrected chi connectivity index (χ0v) is 25.9. The van der Waals surface area contributed by atoms with Crippen molar-refractivity contribution in [2.45, 2.75) is 63.6 Å². The lowest BCUT2D eigenvalue weighted by Crippen LogP contribution is -2.57. The minimum Gasteiger partial charge on any atom is -0.478 e. The lowest BCUT2D eigenvalue weighted by atomic mass is 9.85. The van der Waals surface area contributed by atoms with Crippen molar-refractivity contribution in [2.75, 3.05) is 18.5 Å². The summed E-state index contributed by atoms with van der Waals surface area (Å²) >= 11 is 0. The number of likely N-dealkylation sites (N-methyl/N-ethyl adjacent to an activating group) is 1. The van der Waals surface area contributed by atoms with Gasteiger partial charge in [-0.05, 0) is 66.3 Å². The molecule has 1 saturated heterocycles. The van der Waals surface area contributed by atoms with Gasteiger partial charge in [-0.1, -0.05) is 26.8 Å². The predicted octanol–water partition coefficient (Wildman–Crippen LogP) is 3.24. The third-order valence-corrected chi connectivity index (χ3v) is 8.18. The molecule has 0 saturated carbocycles. The Morgan fingerprint density at radius 3 is 2.21 bits per heavy atom. The van der Waals surface area contributed by atoms with Crippen molar-refractivity contribution in [1.82, 2.24) is 10.2 Å². The Labute approximate surface area is 267 Å². The molecule has 3 atom stereocenters. The van der Waals surface area contributed by atoms with Crippen LogP contribution in [0.5, 0.6) is 5.75 Å². The molecule has 0 bridgehead atoms. The van der Waals surface area contributed by atoms with E-state index in [1.165, 1.54) is 53.3 Å². The van der Waals surface area contributed by atoms with Gasteiger partial charge in [-0.2, -0.15) is 13.2 Å². The van der Waals surface area contributed by atoms with Crippen LogP contribution in [0.25, 0.3) is 6.08 Å². The maximum atomic E-state index is 13.8. The molecule has 3 amide bonds. The van der Waals surface area contributed by atoms with Crippen molar-refractivity contribution in [3.8, 4) is 5.75 Å². The number of alkyl halides is 3. The first-order valence-electron chi connectivity index (χ1n) is 14.5. The number of ether oxygens (including phenoxy) is 1. The predicted molar refractivity (Wildman–Crippen MR) is 160 cm³/mol. The Morgan fingerprint density at radius 2 is 1.66 bits per heavy atom. The molecule has 47 heavy (non-hydrogen) atoms. The van der Waals surface area contributed by atoms with E-state index >= 15 is 0 Å². The number of hydrogen-bond donors (Lipinski definition) is 4. The van der Waals surface area contributed by atoms with Gasteiger partial charge in [-0.25, -0.2) is 9.59 Å². The molecule has 4 rings (SSSR count). The lowest BCUT2D eigenvalue weighted by molar-refractivity contribution is -0.180. The van der Waals surface area contributed by atoms with Crippen molar-refractivity contribution in [3.05, 3.63) is 65.2 Å². The largest absolute Gasteiger partial charge is 0.478 e. The fraction of sp³-hybridized carbons (Fsp3) is 0.406. The zero-order valence-electron chi connectivity index (χ0n) is 25.9. The van der Waals surface area contributed by atoms with Crippen LogP contribution < -0.4 is 15.0 Å². The number of carboxylic acid groups (broad SMARTS) is 2. The summed E-state index contributed by atoms with van der Waals surface area (Å²) in [6.07, 6.45) is -3.34. The van der Waals surface area contributed by atoms with E-state index in [1.807, 2.05) is 0 Å². The van der Waals surface area contributed by atoms with Gasteiger partial charge in [-0.15, -0.1) is 0 Å². The van der Waals surface area contributed by atoms with Crippen LogP contribution >= 0.6 is 0 Å². The highest BCUT2D eigenvalue weighted by molar-refractivity contribution is 6.04. The fourth-order valence-electron chi connectivity index (χ4n) is 5.53. The van der Waals surface area contributed by atoms with Gasteiger partial charge in [-0.3, -0.25) is 14.4 Å². The molecule has 1 unspecified atom stereocenters. The standard InChI is InChI=1S/C32H34F3N3O9/c1-30(2,3)24(27(42)38-15-5-6-21(38)26(41)37(4)19-11-9-18(10-12-19)32(33,34)35)36-23(39)14-8-17-7-13-22-20(16-17)25(40)31(47-22,28(43)44)29(45)46/h7-14,16,21,24-25,40H,5-6,15H2,1-4H3,(H,36,39)(H,43,44)(H,45,46)/b14-8+/t21-,24+,25?/m0/s1. The average molecular weight is 662 g/mol. The first kappa shape index (κ1) is 34.9. The summed E-state index contributed by atoms with van der Waals surface area (Å²) in [6.45, 7) is 5.39. The van der Waals surface area contributed by atoms with Crippen LogP contribution in [0.15, 0.2) is 48.5 Å². The molecule has 2 aliphatic rings. The van der Waals surface area contributed by atoms with E-state index in [2.05, 4.69) is 5.32 Å². The van der Waals surface area contributed by atoms with E-state index in [0.717, 1.165) is 18.2 Å². The molecule has 12 nitrogen and oxygen atoms in total. The van der Waals surface area contributed by atoms with Crippen molar-refractivity contribution < 1.29 is 57.2 Å². The Kier molecular flexibility index (Phi) is 9.44. The number of carbonyl (C=O) groups excluding carboxylic acids is 3. The van der Waals surface area contributed by atoms with Gasteiger partial charge in [0.15, 0.2) is 0 Å². The molecule has 2 aliphatic heterocycles. The molecule has 2 aromatic rings. The molecule has 252 valence electrons. The lowest BCUT2D eigenvalue weighted by Gasteiger charge is -2.36. The monoisotopic (exact) mass is 661 g/mol. The molecular formula is C32H34F3N3O9. The second-order valence-corrected chi connectivity index (χ2v) is 12.4. The number of carbonyl (C=O) groups is 5. The van der Waals surface area contributed by atoms with Crippen LogP contribution in [0.4, 0.5) is 18.9 Å². The second kappa shape index (κ2) is 12.7. The molecule has 0 aliphatic carbocycles. The maximum absolute atomic E-state index is 13.8.